The van der Waals surface area contributed by atoms with Crippen molar-refractivity contribution in [3.8, 4) is 0 Å². The second kappa shape index (κ2) is 5.88. The molecule has 1 fully saturated rings. The lowest BCUT2D eigenvalue weighted by Gasteiger charge is -2.39. The van der Waals surface area contributed by atoms with Crippen molar-refractivity contribution in [2.24, 2.45) is 5.92 Å². The largest absolute Gasteiger partial charge is 0.444 e. The Labute approximate surface area is 147 Å². The summed E-state index contributed by atoms with van der Waals surface area (Å²) in [7, 11) is 0. The van der Waals surface area contributed by atoms with Crippen LogP contribution in [0.3, 0.4) is 0 Å². The quantitative estimate of drug-likeness (QED) is 0.685. The highest BCUT2D eigenvalue weighted by atomic mass is 127. The van der Waals surface area contributed by atoms with Gasteiger partial charge in [0.1, 0.15) is 14.8 Å². The highest BCUT2D eigenvalue weighted by Gasteiger charge is 2.34. The van der Waals surface area contributed by atoms with Crippen LogP contribution in [-0.4, -0.2) is 44.4 Å². The minimum atomic E-state index is -0.493. The molecule has 0 N–H and O–H groups in total. The highest BCUT2D eigenvalue weighted by Crippen LogP contribution is 2.26. The van der Waals surface area contributed by atoms with Gasteiger partial charge in [0, 0.05) is 31.7 Å². The zero-order valence-corrected chi connectivity index (χ0v) is 15.4. The molecule has 3 heterocycles. The summed E-state index contributed by atoms with van der Waals surface area (Å²) in [5.41, 5.74) is -0.0211. The van der Waals surface area contributed by atoms with Gasteiger partial charge in [-0.25, -0.2) is 9.18 Å². The zero-order chi connectivity index (χ0) is 16.8. The molecular formula is C15H18FIN4O2. The third-order valence-corrected chi connectivity index (χ3v) is 4.40. The average Bonchev–Trinajstić information content (AvgIpc) is 2.69. The molecule has 1 aliphatic rings. The van der Waals surface area contributed by atoms with E-state index in [0.29, 0.717) is 30.5 Å². The summed E-state index contributed by atoms with van der Waals surface area (Å²) >= 11 is 2.08. The topological polar surface area (TPSA) is 60.2 Å². The van der Waals surface area contributed by atoms with E-state index in [9.17, 15) is 9.18 Å². The molecule has 0 saturated carbocycles. The lowest BCUT2D eigenvalue weighted by Crippen LogP contribution is -2.52. The summed E-state index contributed by atoms with van der Waals surface area (Å²) < 4.78 is 21.7. The minimum absolute atomic E-state index is 0.244. The lowest BCUT2D eigenvalue weighted by molar-refractivity contribution is -0.00368. The summed E-state index contributed by atoms with van der Waals surface area (Å²) in [5, 5.41) is 5.11. The molecule has 23 heavy (non-hydrogen) atoms. The third-order valence-electron chi connectivity index (χ3n) is 3.60. The third kappa shape index (κ3) is 3.41. The average molecular weight is 432 g/mol. The van der Waals surface area contributed by atoms with E-state index in [-0.39, 0.29) is 17.8 Å². The van der Waals surface area contributed by atoms with Crippen LogP contribution in [0.5, 0.6) is 0 Å². The molecule has 6 nitrogen and oxygen atoms in total. The van der Waals surface area contributed by atoms with Crippen LogP contribution in [0.15, 0.2) is 12.4 Å². The first kappa shape index (κ1) is 16.4. The van der Waals surface area contributed by atoms with Crippen molar-refractivity contribution in [3.05, 3.63) is 21.9 Å². The van der Waals surface area contributed by atoms with Crippen molar-refractivity contribution in [2.75, 3.05) is 13.1 Å². The number of halogens is 2. The molecule has 1 saturated heterocycles. The summed E-state index contributed by atoms with van der Waals surface area (Å²) in [5.74, 6) is -0.129. The number of pyridine rings is 1. The molecule has 1 amide bonds. The first-order chi connectivity index (χ1) is 10.7. The predicted octanol–water partition coefficient (Wildman–Crippen LogP) is 3.04. The molecule has 0 bridgehead atoms. The van der Waals surface area contributed by atoms with Crippen LogP contribution in [0.1, 0.15) is 20.8 Å². The Bertz CT molecular complexity index is 750. The van der Waals surface area contributed by atoms with E-state index in [4.69, 9.17) is 4.74 Å². The monoisotopic (exact) mass is 432 g/mol. The molecule has 0 radical (unpaired) electrons. The molecule has 0 atom stereocenters. The second-order valence-electron chi connectivity index (χ2n) is 6.74. The number of rotatable bonds is 2. The number of nitrogens with zero attached hydrogens (tertiary/aromatic N) is 4. The van der Waals surface area contributed by atoms with Gasteiger partial charge in [-0.05, 0) is 43.4 Å². The van der Waals surface area contributed by atoms with E-state index in [1.165, 1.54) is 6.20 Å². The molecule has 0 unspecified atom stereocenters. The van der Waals surface area contributed by atoms with Gasteiger partial charge in [0.2, 0.25) is 0 Å². The van der Waals surface area contributed by atoms with Crippen LogP contribution >= 0.6 is 22.6 Å². The molecule has 8 heteroatoms. The van der Waals surface area contributed by atoms with Crippen molar-refractivity contribution in [2.45, 2.75) is 32.9 Å². The first-order valence-electron chi connectivity index (χ1n) is 7.38. The smallest absolute Gasteiger partial charge is 0.410 e. The fourth-order valence-corrected chi connectivity index (χ4v) is 3.24. The van der Waals surface area contributed by atoms with Crippen LogP contribution in [0.2, 0.25) is 0 Å². The number of hydrogen-bond donors (Lipinski definition) is 0. The summed E-state index contributed by atoms with van der Waals surface area (Å²) in [4.78, 5) is 17.4. The predicted molar refractivity (Wildman–Crippen MR) is 91.5 cm³/mol. The zero-order valence-electron chi connectivity index (χ0n) is 13.2. The van der Waals surface area contributed by atoms with E-state index in [1.807, 2.05) is 20.8 Å². The van der Waals surface area contributed by atoms with Crippen molar-refractivity contribution in [1.82, 2.24) is 19.7 Å². The highest BCUT2D eigenvalue weighted by molar-refractivity contribution is 14.1. The van der Waals surface area contributed by atoms with Crippen molar-refractivity contribution in [3.63, 3.8) is 0 Å². The number of ether oxygens (including phenoxy) is 1. The summed E-state index contributed by atoms with van der Waals surface area (Å²) in [6, 6.07) is 0. The van der Waals surface area contributed by atoms with Gasteiger partial charge in [-0.2, -0.15) is 5.10 Å². The molecule has 1 aliphatic heterocycles. The molecular weight excluding hydrogens is 414 g/mol. The van der Waals surface area contributed by atoms with Gasteiger partial charge in [-0.15, -0.1) is 0 Å². The van der Waals surface area contributed by atoms with Gasteiger partial charge in [0.05, 0.1) is 11.6 Å². The van der Waals surface area contributed by atoms with E-state index in [0.717, 1.165) is 3.70 Å². The van der Waals surface area contributed by atoms with Crippen molar-refractivity contribution >= 4 is 39.6 Å². The Kier molecular flexibility index (Phi) is 4.19. The fraction of sp³-hybridized carbons (Fsp3) is 0.533. The van der Waals surface area contributed by atoms with E-state index < -0.39 is 5.60 Å². The van der Waals surface area contributed by atoms with Crippen LogP contribution in [0.4, 0.5) is 9.18 Å². The van der Waals surface area contributed by atoms with Gasteiger partial charge in [0.15, 0.2) is 5.82 Å². The van der Waals surface area contributed by atoms with E-state index >= 15 is 0 Å². The summed E-state index contributed by atoms with van der Waals surface area (Å²) in [6.45, 7) is 7.29. The number of amides is 1. The number of carbonyl (C=O) groups excluding carboxylic acids is 1. The van der Waals surface area contributed by atoms with Gasteiger partial charge < -0.3 is 9.64 Å². The number of carbonyl (C=O) groups is 1. The van der Waals surface area contributed by atoms with Gasteiger partial charge in [-0.3, -0.25) is 9.67 Å². The fourth-order valence-electron chi connectivity index (χ4n) is 2.59. The number of likely N-dealkylation sites (tertiary alicyclic amines) is 1. The Morgan fingerprint density at radius 2 is 2.13 bits per heavy atom. The van der Waals surface area contributed by atoms with Crippen LogP contribution in [0, 0.1) is 15.4 Å². The van der Waals surface area contributed by atoms with Crippen LogP contribution in [0.25, 0.3) is 10.9 Å². The number of hydrogen-bond acceptors (Lipinski definition) is 4. The standard InChI is InChI=1S/C15H18FIN4O2/c1-15(2,3)23-14(22)20-6-9(7-20)8-21-12-10(13(17)19-21)4-18-5-11(12)16/h4-5,9H,6-8H2,1-3H3. The molecule has 0 aromatic carbocycles. The van der Waals surface area contributed by atoms with Gasteiger partial charge >= 0.3 is 6.09 Å². The number of aromatic nitrogens is 3. The maximum Gasteiger partial charge on any atom is 0.410 e. The van der Waals surface area contributed by atoms with Crippen LogP contribution < -0.4 is 0 Å². The van der Waals surface area contributed by atoms with Gasteiger partial charge in [-0.1, -0.05) is 0 Å². The Morgan fingerprint density at radius 1 is 1.43 bits per heavy atom. The maximum atomic E-state index is 14.0. The minimum Gasteiger partial charge on any atom is -0.444 e. The van der Waals surface area contributed by atoms with Gasteiger partial charge in [0.25, 0.3) is 0 Å². The van der Waals surface area contributed by atoms with Crippen molar-refractivity contribution < 1.29 is 13.9 Å². The second-order valence-corrected chi connectivity index (χ2v) is 7.76. The molecule has 2 aromatic heterocycles. The Balaban J connectivity index is 1.66. The van der Waals surface area contributed by atoms with Crippen molar-refractivity contribution in [1.29, 1.82) is 0 Å². The normalized spacial score (nSPS) is 15.8. The SMILES string of the molecule is CC(C)(C)OC(=O)N1CC(Cn2nc(I)c3cncc(F)c32)C1. The molecule has 124 valence electrons. The Morgan fingerprint density at radius 3 is 2.78 bits per heavy atom. The van der Waals surface area contributed by atoms with Crippen LogP contribution in [-0.2, 0) is 11.3 Å². The molecule has 2 aromatic rings. The maximum absolute atomic E-state index is 14.0. The van der Waals surface area contributed by atoms with E-state index in [2.05, 4.69) is 32.7 Å². The Hall–Kier alpha value is -1.45. The molecule has 0 spiro atoms. The number of fused-ring (bicyclic) bond motifs is 1. The molecule has 0 aliphatic carbocycles. The molecule has 3 rings (SSSR count). The van der Waals surface area contributed by atoms with E-state index in [1.54, 1.807) is 15.8 Å². The lowest BCUT2D eigenvalue weighted by atomic mass is 10.0. The first-order valence-corrected chi connectivity index (χ1v) is 8.46. The summed E-state index contributed by atoms with van der Waals surface area (Å²) in [6.07, 6.45) is 2.52.